The van der Waals surface area contributed by atoms with E-state index in [0.29, 0.717) is 29.0 Å². The van der Waals surface area contributed by atoms with E-state index in [1.165, 1.54) is 0 Å². The number of anilines is 4. The highest BCUT2D eigenvalue weighted by atomic mass is 16.2. The van der Waals surface area contributed by atoms with Gasteiger partial charge in [0, 0.05) is 34.7 Å². The molecule has 3 aromatic carbocycles. The highest BCUT2D eigenvalue weighted by Gasteiger charge is 2.08. The van der Waals surface area contributed by atoms with Gasteiger partial charge < -0.3 is 21.3 Å². The fourth-order valence-corrected chi connectivity index (χ4v) is 3.48. The molecule has 3 amide bonds. The lowest BCUT2D eigenvalue weighted by molar-refractivity contribution is -0.116. The van der Waals surface area contributed by atoms with E-state index < -0.39 is 0 Å². The largest absolute Gasteiger partial charge is 0.376 e. The van der Waals surface area contributed by atoms with Gasteiger partial charge in [-0.15, -0.1) is 0 Å². The number of amides is 3. The SMILES string of the molecule is CCCCCC(=O)Nc1cccc(NC(=O)CNc2ccc(NC(=O)c3cccc(C)c3)cc2)c1. The second kappa shape index (κ2) is 12.9. The minimum Gasteiger partial charge on any atom is -0.376 e. The molecule has 7 nitrogen and oxygen atoms in total. The van der Waals surface area contributed by atoms with E-state index in [1.54, 1.807) is 54.6 Å². The standard InChI is InChI=1S/C28H32N4O3/c1-3-4-5-12-26(33)30-24-10-7-11-25(18-24)31-27(34)19-29-22-13-15-23(16-14-22)32-28(35)21-9-6-8-20(2)17-21/h6-11,13-18,29H,3-5,12,19H2,1-2H3,(H,30,33)(H,31,34)(H,32,35). The Hall–Kier alpha value is -4.13. The van der Waals surface area contributed by atoms with Crippen molar-refractivity contribution < 1.29 is 14.4 Å². The number of carbonyl (C=O) groups is 3. The lowest BCUT2D eigenvalue weighted by atomic mass is 10.1. The maximum atomic E-state index is 12.4. The third-order valence-electron chi connectivity index (χ3n) is 5.31. The summed E-state index contributed by atoms with van der Waals surface area (Å²) in [5.74, 6) is -0.413. The second-order valence-corrected chi connectivity index (χ2v) is 8.39. The van der Waals surface area contributed by atoms with Crippen LogP contribution >= 0.6 is 0 Å². The molecule has 0 aliphatic rings. The zero-order valence-electron chi connectivity index (χ0n) is 20.2. The third kappa shape index (κ3) is 8.62. The van der Waals surface area contributed by atoms with Crippen molar-refractivity contribution in [1.82, 2.24) is 0 Å². The van der Waals surface area contributed by atoms with Crippen molar-refractivity contribution in [3.05, 3.63) is 83.9 Å². The average molecular weight is 473 g/mol. The van der Waals surface area contributed by atoms with Crippen molar-refractivity contribution in [3.63, 3.8) is 0 Å². The van der Waals surface area contributed by atoms with E-state index >= 15 is 0 Å². The topological polar surface area (TPSA) is 99.3 Å². The van der Waals surface area contributed by atoms with Gasteiger partial charge in [0.2, 0.25) is 11.8 Å². The van der Waals surface area contributed by atoms with E-state index in [-0.39, 0.29) is 24.3 Å². The van der Waals surface area contributed by atoms with Crippen LogP contribution in [0.2, 0.25) is 0 Å². The van der Waals surface area contributed by atoms with Crippen LogP contribution in [0.5, 0.6) is 0 Å². The van der Waals surface area contributed by atoms with Crippen LogP contribution in [0.25, 0.3) is 0 Å². The summed E-state index contributed by atoms with van der Waals surface area (Å²) in [6.07, 6.45) is 3.45. The fraction of sp³-hybridized carbons (Fsp3) is 0.250. The van der Waals surface area contributed by atoms with Crippen LogP contribution in [0, 0.1) is 6.92 Å². The van der Waals surface area contributed by atoms with Crippen LogP contribution in [0.1, 0.15) is 48.5 Å². The number of rotatable bonds is 11. The molecule has 35 heavy (non-hydrogen) atoms. The Bertz CT molecular complexity index is 1160. The molecule has 3 rings (SSSR count). The molecule has 0 unspecified atom stereocenters. The smallest absolute Gasteiger partial charge is 0.255 e. The minimum atomic E-state index is -0.215. The lowest BCUT2D eigenvalue weighted by Crippen LogP contribution is -2.22. The van der Waals surface area contributed by atoms with Crippen LogP contribution in [-0.2, 0) is 9.59 Å². The van der Waals surface area contributed by atoms with Crippen LogP contribution in [0.4, 0.5) is 22.7 Å². The zero-order chi connectivity index (χ0) is 25.0. The van der Waals surface area contributed by atoms with E-state index in [2.05, 4.69) is 28.2 Å². The number of unbranched alkanes of at least 4 members (excludes halogenated alkanes) is 2. The van der Waals surface area contributed by atoms with Crippen LogP contribution < -0.4 is 21.3 Å². The van der Waals surface area contributed by atoms with Gasteiger partial charge in [-0.3, -0.25) is 14.4 Å². The molecule has 0 aromatic heterocycles. The number of hydrogen-bond acceptors (Lipinski definition) is 4. The maximum absolute atomic E-state index is 12.4. The van der Waals surface area contributed by atoms with Gasteiger partial charge in [0.1, 0.15) is 0 Å². The summed E-state index contributed by atoms with van der Waals surface area (Å²) >= 11 is 0. The monoisotopic (exact) mass is 472 g/mol. The third-order valence-corrected chi connectivity index (χ3v) is 5.31. The molecule has 0 fully saturated rings. The van der Waals surface area contributed by atoms with Crippen molar-refractivity contribution in [2.24, 2.45) is 0 Å². The van der Waals surface area contributed by atoms with Crippen LogP contribution in [-0.4, -0.2) is 24.3 Å². The van der Waals surface area contributed by atoms with Gasteiger partial charge >= 0.3 is 0 Å². The van der Waals surface area contributed by atoms with Gasteiger partial charge in [0.25, 0.3) is 5.91 Å². The predicted molar refractivity (Wildman–Crippen MR) is 142 cm³/mol. The van der Waals surface area contributed by atoms with Crippen molar-refractivity contribution in [1.29, 1.82) is 0 Å². The first-order chi connectivity index (χ1) is 16.9. The molecular weight excluding hydrogens is 440 g/mol. The molecule has 0 bridgehead atoms. The molecule has 0 atom stereocenters. The molecule has 0 saturated carbocycles. The normalized spacial score (nSPS) is 10.3. The van der Waals surface area contributed by atoms with E-state index in [0.717, 1.165) is 30.5 Å². The summed E-state index contributed by atoms with van der Waals surface area (Å²) in [5, 5.41) is 11.6. The molecule has 7 heteroatoms. The molecular formula is C28H32N4O3. The Morgan fingerprint density at radius 3 is 2.03 bits per heavy atom. The summed E-state index contributed by atoms with van der Waals surface area (Å²) < 4.78 is 0. The van der Waals surface area contributed by atoms with E-state index in [1.807, 2.05) is 25.1 Å². The highest BCUT2D eigenvalue weighted by Crippen LogP contribution is 2.17. The molecule has 0 aliphatic carbocycles. The Morgan fingerprint density at radius 1 is 0.686 bits per heavy atom. The second-order valence-electron chi connectivity index (χ2n) is 8.39. The molecule has 182 valence electrons. The number of nitrogens with one attached hydrogen (secondary N) is 4. The summed E-state index contributed by atoms with van der Waals surface area (Å²) in [5.41, 5.74) is 4.30. The average Bonchev–Trinajstić information content (AvgIpc) is 2.84. The minimum absolute atomic E-state index is 0.0258. The van der Waals surface area contributed by atoms with Gasteiger partial charge in [-0.05, 0) is 67.9 Å². The van der Waals surface area contributed by atoms with Crippen LogP contribution in [0.3, 0.4) is 0 Å². The zero-order valence-corrected chi connectivity index (χ0v) is 20.2. The highest BCUT2D eigenvalue weighted by molar-refractivity contribution is 6.04. The quantitative estimate of drug-likeness (QED) is 0.264. The van der Waals surface area contributed by atoms with Crippen molar-refractivity contribution in [2.75, 3.05) is 27.8 Å². The molecule has 3 aromatic rings. The van der Waals surface area contributed by atoms with Gasteiger partial charge in [0.05, 0.1) is 6.54 Å². The number of benzene rings is 3. The Labute approximate surface area is 206 Å². The van der Waals surface area contributed by atoms with E-state index in [9.17, 15) is 14.4 Å². The Morgan fingerprint density at radius 2 is 1.34 bits per heavy atom. The fourth-order valence-electron chi connectivity index (χ4n) is 3.48. The van der Waals surface area contributed by atoms with Gasteiger partial charge in [-0.2, -0.15) is 0 Å². The van der Waals surface area contributed by atoms with Crippen molar-refractivity contribution in [2.45, 2.75) is 39.5 Å². The number of aryl methyl sites for hydroxylation is 1. The van der Waals surface area contributed by atoms with Crippen molar-refractivity contribution >= 4 is 40.5 Å². The summed E-state index contributed by atoms with van der Waals surface area (Å²) in [6.45, 7) is 4.11. The van der Waals surface area contributed by atoms with Gasteiger partial charge in [-0.1, -0.05) is 43.5 Å². The first kappa shape index (κ1) is 25.5. The molecule has 4 N–H and O–H groups in total. The first-order valence-electron chi connectivity index (χ1n) is 11.8. The number of carbonyl (C=O) groups excluding carboxylic acids is 3. The predicted octanol–water partition coefficient (Wildman–Crippen LogP) is 5.82. The number of hydrogen-bond donors (Lipinski definition) is 4. The first-order valence-corrected chi connectivity index (χ1v) is 11.8. The van der Waals surface area contributed by atoms with Gasteiger partial charge in [-0.25, -0.2) is 0 Å². The Balaban J connectivity index is 1.46. The summed E-state index contributed by atoms with van der Waals surface area (Å²) in [4.78, 5) is 36.8. The van der Waals surface area contributed by atoms with Crippen molar-refractivity contribution in [3.8, 4) is 0 Å². The van der Waals surface area contributed by atoms with Crippen LogP contribution in [0.15, 0.2) is 72.8 Å². The van der Waals surface area contributed by atoms with Gasteiger partial charge in [0.15, 0.2) is 0 Å². The maximum Gasteiger partial charge on any atom is 0.255 e. The molecule has 0 heterocycles. The molecule has 0 radical (unpaired) electrons. The molecule has 0 saturated heterocycles. The molecule has 0 spiro atoms. The summed E-state index contributed by atoms with van der Waals surface area (Å²) in [6, 6.07) is 21.6. The van der Waals surface area contributed by atoms with E-state index in [4.69, 9.17) is 0 Å². The molecule has 0 aliphatic heterocycles. The summed E-state index contributed by atoms with van der Waals surface area (Å²) in [7, 11) is 0. The lowest BCUT2D eigenvalue weighted by Gasteiger charge is -2.11. The Kier molecular flexibility index (Phi) is 9.42.